The van der Waals surface area contributed by atoms with Gasteiger partial charge < -0.3 is 15.1 Å². The second-order valence-corrected chi connectivity index (χ2v) is 10.8. The molecular weight excluding hydrogens is 510 g/mol. The van der Waals surface area contributed by atoms with Crippen molar-refractivity contribution in [2.45, 2.75) is 18.2 Å². The highest BCUT2D eigenvalue weighted by atomic mass is 35.5. The third-order valence-corrected chi connectivity index (χ3v) is 8.75. The quantitative estimate of drug-likeness (QED) is 0.544. The number of anilines is 2. The van der Waals surface area contributed by atoms with E-state index in [0.717, 1.165) is 26.9 Å². The SMILES string of the molecule is CC(=O)N1CCN(c2ccc3cncc(N4C(=O)NC5C=C(c6ccccc6Cl)SC5C4=O)c3c2)CC1. The number of hydrogen-bond acceptors (Lipinski definition) is 6. The van der Waals surface area contributed by atoms with Crippen molar-refractivity contribution in [2.24, 2.45) is 0 Å². The van der Waals surface area contributed by atoms with Gasteiger partial charge in [-0.05, 0) is 24.3 Å². The first-order valence-corrected chi connectivity index (χ1v) is 13.3. The summed E-state index contributed by atoms with van der Waals surface area (Å²) in [6.07, 6.45) is 5.20. The molecule has 4 heterocycles. The molecule has 2 fully saturated rings. The van der Waals surface area contributed by atoms with Gasteiger partial charge in [0.05, 0.1) is 17.9 Å². The summed E-state index contributed by atoms with van der Waals surface area (Å²) in [5, 5.41) is 4.69. The average Bonchev–Trinajstić information content (AvgIpc) is 3.33. The van der Waals surface area contributed by atoms with E-state index >= 15 is 0 Å². The number of aromatic nitrogens is 1. The van der Waals surface area contributed by atoms with Crippen LogP contribution in [0, 0.1) is 0 Å². The minimum absolute atomic E-state index is 0.0800. The molecule has 188 valence electrons. The van der Waals surface area contributed by atoms with Crippen molar-refractivity contribution >= 4 is 68.3 Å². The normalized spacial score (nSPS) is 21.7. The Bertz CT molecular complexity index is 1470. The number of fused-ring (bicyclic) bond motifs is 2. The number of urea groups is 1. The molecule has 3 aromatic rings. The van der Waals surface area contributed by atoms with Crippen LogP contribution in [0.1, 0.15) is 12.5 Å². The number of halogens is 1. The lowest BCUT2D eigenvalue weighted by Crippen LogP contribution is -2.60. The van der Waals surface area contributed by atoms with Crippen molar-refractivity contribution in [3.8, 4) is 0 Å². The van der Waals surface area contributed by atoms with Gasteiger partial charge in [-0.2, -0.15) is 0 Å². The van der Waals surface area contributed by atoms with Gasteiger partial charge in [0, 0.05) is 71.3 Å². The van der Waals surface area contributed by atoms with E-state index in [0.29, 0.717) is 36.9 Å². The van der Waals surface area contributed by atoms with E-state index in [-0.39, 0.29) is 11.8 Å². The van der Waals surface area contributed by atoms with E-state index in [2.05, 4.69) is 15.2 Å². The molecule has 37 heavy (non-hydrogen) atoms. The van der Waals surface area contributed by atoms with Gasteiger partial charge in [-0.1, -0.05) is 35.9 Å². The molecule has 0 radical (unpaired) electrons. The van der Waals surface area contributed by atoms with E-state index in [4.69, 9.17) is 11.6 Å². The number of thioether (sulfide) groups is 1. The molecule has 3 aliphatic heterocycles. The zero-order chi connectivity index (χ0) is 25.7. The minimum atomic E-state index is -0.498. The smallest absolute Gasteiger partial charge is 0.329 e. The first kappa shape index (κ1) is 23.8. The molecule has 2 aromatic carbocycles. The molecular formula is C27H24ClN5O3S. The predicted octanol–water partition coefficient (Wildman–Crippen LogP) is 4.14. The Hall–Kier alpha value is -3.56. The van der Waals surface area contributed by atoms with Crippen LogP contribution in [-0.2, 0) is 9.59 Å². The van der Waals surface area contributed by atoms with Crippen LogP contribution in [-0.4, -0.2) is 65.2 Å². The number of carbonyl (C=O) groups is 3. The molecule has 4 amide bonds. The molecule has 2 saturated heterocycles. The van der Waals surface area contributed by atoms with Crippen molar-refractivity contribution in [1.29, 1.82) is 0 Å². The van der Waals surface area contributed by atoms with Crippen LogP contribution in [0.2, 0.25) is 5.02 Å². The summed E-state index contributed by atoms with van der Waals surface area (Å²) < 4.78 is 0. The summed E-state index contributed by atoms with van der Waals surface area (Å²) in [7, 11) is 0. The maximum Gasteiger partial charge on any atom is 0.329 e. The number of piperazine rings is 1. The lowest BCUT2D eigenvalue weighted by molar-refractivity contribution is -0.129. The molecule has 0 bridgehead atoms. The number of nitrogens with zero attached hydrogens (tertiary/aromatic N) is 4. The van der Waals surface area contributed by atoms with Crippen molar-refractivity contribution in [3.05, 3.63) is 71.5 Å². The van der Waals surface area contributed by atoms with Crippen molar-refractivity contribution in [2.75, 3.05) is 36.0 Å². The summed E-state index contributed by atoms with van der Waals surface area (Å²) in [6, 6.07) is 12.6. The van der Waals surface area contributed by atoms with Crippen LogP contribution >= 0.6 is 23.4 Å². The number of nitrogens with one attached hydrogen (secondary N) is 1. The molecule has 0 saturated carbocycles. The van der Waals surface area contributed by atoms with E-state index in [1.165, 1.54) is 16.7 Å². The lowest BCUT2D eigenvalue weighted by Gasteiger charge is -2.36. The van der Waals surface area contributed by atoms with Crippen LogP contribution in [0.15, 0.2) is 60.9 Å². The van der Waals surface area contributed by atoms with E-state index < -0.39 is 17.3 Å². The fraction of sp³-hybridized carbons (Fsp3) is 0.259. The second-order valence-electron chi connectivity index (χ2n) is 9.26. The lowest BCUT2D eigenvalue weighted by atomic mass is 10.1. The number of hydrogen-bond donors (Lipinski definition) is 1. The molecule has 2 unspecified atom stereocenters. The Morgan fingerprint density at radius 1 is 1.08 bits per heavy atom. The van der Waals surface area contributed by atoms with Gasteiger partial charge >= 0.3 is 6.03 Å². The van der Waals surface area contributed by atoms with Gasteiger partial charge in [-0.3, -0.25) is 14.6 Å². The van der Waals surface area contributed by atoms with Crippen LogP contribution in [0.5, 0.6) is 0 Å². The van der Waals surface area contributed by atoms with Gasteiger partial charge in [0.25, 0.3) is 5.91 Å². The topological polar surface area (TPSA) is 85.8 Å². The Morgan fingerprint density at radius 3 is 2.62 bits per heavy atom. The summed E-state index contributed by atoms with van der Waals surface area (Å²) in [5.74, 6) is -0.205. The zero-order valence-corrected chi connectivity index (χ0v) is 21.6. The predicted molar refractivity (Wildman–Crippen MR) is 147 cm³/mol. The summed E-state index contributed by atoms with van der Waals surface area (Å²) >= 11 is 7.80. The first-order chi connectivity index (χ1) is 17.9. The van der Waals surface area contributed by atoms with Crippen LogP contribution in [0.25, 0.3) is 15.7 Å². The maximum atomic E-state index is 13.7. The van der Waals surface area contributed by atoms with Gasteiger partial charge in [0.15, 0.2) is 0 Å². The van der Waals surface area contributed by atoms with E-state index in [1.54, 1.807) is 19.3 Å². The maximum absolute atomic E-state index is 13.7. The van der Waals surface area contributed by atoms with Gasteiger partial charge in [-0.25, -0.2) is 9.69 Å². The number of imide groups is 1. The monoisotopic (exact) mass is 533 g/mol. The van der Waals surface area contributed by atoms with Crippen LogP contribution in [0.3, 0.4) is 0 Å². The Balaban J connectivity index is 1.30. The standard InChI is InChI=1S/C27H24ClN5O3S/c1-16(34)31-8-10-32(11-9-31)18-7-6-17-14-29-15-23(20(17)12-18)33-26(35)25-22(30-27(33)36)13-24(37-25)19-4-2-3-5-21(19)28/h2-7,12-15,22,25H,8-11H2,1H3,(H,30,36). The molecule has 8 nitrogen and oxygen atoms in total. The summed E-state index contributed by atoms with van der Waals surface area (Å²) in [5.41, 5.74) is 2.27. The highest BCUT2D eigenvalue weighted by Crippen LogP contribution is 2.44. The number of carbonyl (C=O) groups excluding carboxylic acids is 3. The van der Waals surface area contributed by atoms with Gasteiger partial charge in [0.1, 0.15) is 5.25 Å². The highest BCUT2D eigenvalue weighted by Gasteiger charge is 2.45. The van der Waals surface area contributed by atoms with Crippen LogP contribution < -0.4 is 15.1 Å². The third kappa shape index (κ3) is 4.22. The highest BCUT2D eigenvalue weighted by molar-refractivity contribution is 8.09. The first-order valence-electron chi connectivity index (χ1n) is 12.1. The fourth-order valence-electron chi connectivity index (χ4n) is 5.09. The fourth-order valence-corrected chi connectivity index (χ4v) is 6.69. The van der Waals surface area contributed by atoms with Crippen molar-refractivity contribution < 1.29 is 14.4 Å². The minimum Gasteiger partial charge on any atom is -0.368 e. The third-order valence-electron chi connectivity index (χ3n) is 7.06. The molecule has 6 rings (SSSR count). The van der Waals surface area contributed by atoms with Gasteiger partial charge in [0.2, 0.25) is 5.91 Å². The Morgan fingerprint density at radius 2 is 1.86 bits per heavy atom. The number of rotatable bonds is 3. The average molecular weight is 534 g/mol. The molecule has 1 N–H and O–H groups in total. The van der Waals surface area contributed by atoms with Crippen LogP contribution in [0.4, 0.5) is 16.2 Å². The zero-order valence-electron chi connectivity index (χ0n) is 20.1. The van der Waals surface area contributed by atoms with E-state index in [9.17, 15) is 14.4 Å². The van der Waals surface area contributed by atoms with Crippen molar-refractivity contribution in [3.63, 3.8) is 0 Å². The number of pyridine rings is 1. The Labute approximate surface area is 223 Å². The number of amides is 4. The largest absolute Gasteiger partial charge is 0.368 e. The summed E-state index contributed by atoms with van der Waals surface area (Å²) in [6.45, 7) is 4.33. The van der Waals surface area contributed by atoms with Crippen molar-refractivity contribution in [1.82, 2.24) is 15.2 Å². The van der Waals surface area contributed by atoms with E-state index in [1.807, 2.05) is 53.4 Å². The molecule has 10 heteroatoms. The molecule has 3 aliphatic rings. The molecule has 0 spiro atoms. The molecule has 2 atom stereocenters. The summed E-state index contributed by atoms with van der Waals surface area (Å²) in [4.78, 5) is 49.1. The Kier molecular flexibility index (Phi) is 6.04. The number of benzene rings is 2. The van der Waals surface area contributed by atoms with Gasteiger partial charge in [-0.15, -0.1) is 11.8 Å². The molecule has 1 aromatic heterocycles. The molecule has 0 aliphatic carbocycles. The second kappa shape index (κ2) is 9.39.